The average Bonchev–Trinajstić information content (AvgIpc) is 1.98. The Morgan fingerprint density at radius 1 is 1.50 bits per heavy atom. The molecule has 0 aliphatic heterocycles. The average molecular weight is 175 g/mol. The molecule has 5 heteroatoms. The highest BCUT2D eigenvalue weighted by Crippen LogP contribution is 1.94. The highest BCUT2D eigenvalue weighted by atomic mass is 16.5. The van der Waals surface area contributed by atoms with Crippen molar-refractivity contribution in [2.45, 2.75) is 26.0 Å². The minimum Gasteiger partial charge on any atom is -0.453 e. The summed E-state index contributed by atoms with van der Waals surface area (Å²) >= 11 is 0. The molecule has 1 amide bonds. The number of carbonyl (C=O) groups is 2. The number of hydrogen-bond acceptors (Lipinski definition) is 4. The quantitative estimate of drug-likeness (QED) is 0.616. The van der Waals surface area contributed by atoms with E-state index in [9.17, 15) is 9.59 Å². The minimum absolute atomic E-state index is 0.310. The largest absolute Gasteiger partial charge is 0.453 e. The van der Waals surface area contributed by atoms with Crippen LogP contribution in [0.1, 0.15) is 13.8 Å². The molecule has 12 heavy (non-hydrogen) atoms. The van der Waals surface area contributed by atoms with E-state index in [1.807, 2.05) is 0 Å². The summed E-state index contributed by atoms with van der Waals surface area (Å²) in [7, 11) is 1.19. The van der Waals surface area contributed by atoms with Crippen molar-refractivity contribution in [3.8, 4) is 0 Å². The van der Waals surface area contributed by atoms with Gasteiger partial charge in [0.15, 0.2) is 5.78 Å². The maximum atomic E-state index is 10.8. The number of hydrogen-bond donors (Lipinski definition) is 2. The number of Topliss-reactive ketones (excluding diaryl/α,β-unsaturated/α-hetero) is 1. The molecule has 0 fully saturated rings. The first-order valence-corrected chi connectivity index (χ1v) is 3.52. The van der Waals surface area contributed by atoms with E-state index in [-0.39, 0.29) is 5.78 Å². The molecule has 0 radical (unpaired) electrons. The third-order valence-corrected chi connectivity index (χ3v) is 1.38. The molecule has 0 aromatic heterocycles. The third-order valence-electron chi connectivity index (χ3n) is 1.38. The van der Waals surface area contributed by atoms with Gasteiger partial charge in [-0.2, -0.15) is 0 Å². The number of rotatable bonds is 3. The van der Waals surface area contributed by atoms with E-state index in [1.165, 1.54) is 21.0 Å². The second-order valence-corrected chi connectivity index (χ2v) is 2.46. The van der Waals surface area contributed by atoms with Crippen LogP contribution in [0.15, 0.2) is 0 Å². The molecule has 0 aliphatic rings. The molecule has 2 atom stereocenters. The number of aliphatic hydroxyl groups is 1. The Kier molecular flexibility index (Phi) is 4.28. The van der Waals surface area contributed by atoms with Crippen molar-refractivity contribution in [2.24, 2.45) is 0 Å². The third kappa shape index (κ3) is 3.34. The number of ketones is 1. The predicted octanol–water partition coefficient (Wildman–Crippen LogP) is -0.319. The monoisotopic (exact) mass is 175 g/mol. The van der Waals surface area contributed by atoms with Crippen LogP contribution in [0.25, 0.3) is 0 Å². The van der Waals surface area contributed by atoms with Crippen LogP contribution in [0.3, 0.4) is 0 Å². The lowest BCUT2D eigenvalue weighted by Crippen LogP contribution is -2.46. The van der Waals surface area contributed by atoms with E-state index < -0.39 is 18.2 Å². The molecule has 0 spiro atoms. The van der Waals surface area contributed by atoms with Crippen LogP contribution in [0, 0.1) is 0 Å². The van der Waals surface area contributed by atoms with Gasteiger partial charge in [-0.15, -0.1) is 0 Å². The number of aliphatic hydroxyl groups excluding tert-OH is 1. The van der Waals surface area contributed by atoms with Crippen molar-refractivity contribution in [2.75, 3.05) is 7.11 Å². The smallest absolute Gasteiger partial charge is 0.407 e. The highest BCUT2D eigenvalue weighted by molar-refractivity contribution is 5.85. The molecule has 0 rings (SSSR count). The van der Waals surface area contributed by atoms with Crippen molar-refractivity contribution in [3.63, 3.8) is 0 Å². The van der Waals surface area contributed by atoms with E-state index in [4.69, 9.17) is 5.11 Å². The molecule has 2 N–H and O–H groups in total. The molecule has 0 heterocycles. The standard InChI is InChI=1S/C7H13NO4/c1-4(9)6(5(2)10)8-7(11)12-3/h4,6,9H,1-3H3,(H,8,11)/t4-,6-/m1/s1. The van der Waals surface area contributed by atoms with Crippen molar-refractivity contribution >= 4 is 11.9 Å². The fourth-order valence-corrected chi connectivity index (χ4v) is 0.748. The lowest BCUT2D eigenvalue weighted by atomic mass is 10.1. The first-order valence-electron chi connectivity index (χ1n) is 3.52. The van der Waals surface area contributed by atoms with E-state index in [0.717, 1.165) is 0 Å². The van der Waals surface area contributed by atoms with Gasteiger partial charge in [-0.05, 0) is 13.8 Å². The summed E-state index contributed by atoms with van der Waals surface area (Å²) < 4.78 is 4.27. The number of alkyl carbamates (subject to hydrolysis) is 1. The summed E-state index contributed by atoms with van der Waals surface area (Å²) in [5.74, 6) is -0.310. The molecule has 0 bridgehead atoms. The van der Waals surface area contributed by atoms with Crippen molar-refractivity contribution in [1.29, 1.82) is 0 Å². The topological polar surface area (TPSA) is 75.6 Å². The first kappa shape index (κ1) is 10.9. The maximum absolute atomic E-state index is 10.8. The molecule has 0 saturated carbocycles. The Labute approximate surface area is 70.7 Å². The zero-order valence-electron chi connectivity index (χ0n) is 7.33. The molecular weight excluding hydrogens is 162 g/mol. The van der Waals surface area contributed by atoms with Crippen molar-refractivity contribution in [1.82, 2.24) is 5.32 Å². The van der Waals surface area contributed by atoms with Gasteiger partial charge >= 0.3 is 6.09 Å². The summed E-state index contributed by atoms with van der Waals surface area (Å²) in [6, 6.07) is -0.891. The zero-order chi connectivity index (χ0) is 9.72. The predicted molar refractivity (Wildman–Crippen MR) is 41.7 cm³/mol. The van der Waals surface area contributed by atoms with Crippen molar-refractivity contribution in [3.05, 3.63) is 0 Å². The Bertz CT molecular complexity index is 178. The number of carbonyl (C=O) groups excluding carboxylic acids is 2. The van der Waals surface area contributed by atoms with E-state index >= 15 is 0 Å². The summed E-state index contributed by atoms with van der Waals surface area (Å²) in [6.07, 6.45) is -1.64. The van der Waals surface area contributed by atoms with Crippen LogP contribution in [-0.4, -0.2) is 36.2 Å². The van der Waals surface area contributed by atoms with Gasteiger partial charge in [-0.1, -0.05) is 0 Å². The maximum Gasteiger partial charge on any atom is 0.407 e. The lowest BCUT2D eigenvalue weighted by Gasteiger charge is -2.17. The molecule has 0 aromatic rings. The van der Waals surface area contributed by atoms with Crippen LogP contribution in [0.2, 0.25) is 0 Å². The van der Waals surface area contributed by atoms with Gasteiger partial charge in [-0.3, -0.25) is 4.79 Å². The fourth-order valence-electron chi connectivity index (χ4n) is 0.748. The van der Waals surface area contributed by atoms with Gasteiger partial charge in [0.05, 0.1) is 13.2 Å². The fraction of sp³-hybridized carbons (Fsp3) is 0.714. The number of methoxy groups -OCH3 is 1. The van der Waals surface area contributed by atoms with Gasteiger partial charge in [0.2, 0.25) is 0 Å². The van der Waals surface area contributed by atoms with Crippen molar-refractivity contribution < 1.29 is 19.4 Å². The van der Waals surface area contributed by atoms with Crippen LogP contribution < -0.4 is 5.32 Å². The Hall–Kier alpha value is -1.10. The first-order chi connectivity index (χ1) is 5.49. The Morgan fingerprint density at radius 2 is 2.00 bits per heavy atom. The van der Waals surface area contributed by atoms with E-state index in [2.05, 4.69) is 10.1 Å². The number of ether oxygens (including phenoxy) is 1. The lowest BCUT2D eigenvalue weighted by molar-refractivity contribution is -0.121. The molecule has 5 nitrogen and oxygen atoms in total. The normalized spacial score (nSPS) is 14.7. The van der Waals surface area contributed by atoms with Crippen LogP contribution in [0.5, 0.6) is 0 Å². The molecule has 0 unspecified atom stereocenters. The van der Waals surface area contributed by atoms with Crippen LogP contribution in [0.4, 0.5) is 4.79 Å². The second kappa shape index (κ2) is 4.71. The van der Waals surface area contributed by atoms with Gasteiger partial charge < -0.3 is 15.2 Å². The van der Waals surface area contributed by atoms with Gasteiger partial charge in [0.25, 0.3) is 0 Å². The second-order valence-electron chi connectivity index (χ2n) is 2.46. The molecule has 0 saturated heterocycles. The molecular formula is C7H13NO4. The summed E-state index contributed by atoms with van der Waals surface area (Å²) in [6.45, 7) is 2.70. The zero-order valence-corrected chi connectivity index (χ0v) is 7.33. The van der Waals surface area contributed by atoms with Gasteiger partial charge in [0.1, 0.15) is 6.04 Å². The molecule has 70 valence electrons. The van der Waals surface area contributed by atoms with Gasteiger partial charge in [-0.25, -0.2) is 4.79 Å². The Balaban J connectivity index is 4.14. The van der Waals surface area contributed by atoms with Crippen LogP contribution in [-0.2, 0) is 9.53 Å². The number of amides is 1. The minimum atomic E-state index is -0.915. The summed E-state index contributed by atoms with van der Waals surface area (Å²) in [5.41, 5.74) is 0. The van der Waals surface area contributed by atoms with Gasteiger partial charge in [0, 0.05) is 0 Å². The Morgan fingerprint density at radius 3 is 2.25 bits per heavy atom. The van der Waals surface area contributed by atoms with E-state index in [0.29, 0.717) is 0 Å². The molecule has 0 aromatic carbocycles. The SMILES string of the molecule is COC(=O)N[C@@H](C(C)=O)[C@@H](C)O. The number of nitrogens with one attached hydrogen (secondary N) is 1. The molecule has 0 aliphatic carbocycles. The van der Waals surface area contributed by atoms with Crippen LogP contribution >= 0.6 is 0 Å². The summed E-state index contributed by atoms with van der Waals surface area (Å²) in [4.78, 5) is 21.4. The summed E-state index contributed by atoms with van der Waals surface area (Å²) in [5, 5.41) is 11.2. The van der Waals surface area contributed by atoms with E-state index in [1.54, 1.807) is 0 Å². The highest BCUT2D eigenvalue weighted by Gasteiger charge is 2.21.